The molecule has 4 heteroatoms. The quantitative estimate of drug-likeness (QED) is 0.825. The molecule has 0 unspecified atom stereocenters. The second-order valence-electron chi connectivity index (χ2n) is 5.80. The van der Waals surface area contributed by atoms with Gasteiger partial charge in [-0.15, -0.1) is 0 Å². The molecule has 0 heterocycles. The van der Waals surface area contributed by atoms with Crippen LogP contribution in [-0.2, 0) is 9.53 Å². The Morgan fingerprint density at radius 3 is 2.78 bits per heavy atom. The summed E-state index contributed by atoms with van der Waals surface area (Å²) in [4.78, 5) is 12.2. The first-order valence-corrected chi connectivity index (χ1v) is 6.25. The average molecular weight is 249 g/mol. The third-order valence-corrected chi connectivity index (χ3v) is 4.97. The van der Waals surface area contributed by atoms with E-state index in [1.165, 1.54) is 13.2 Å². The van der Waals surface area contributed by atoms with Gasteiger partial charge in [-0.05, 0) is 17.8 Å². The number of nitriles is 1. The fourth-order valence-electron chi connectivity index (χ4n) is 3.80. The van der Waals surface area contributed by atoms with Gasteiger partial charge in [-0.2, -0.15) is 5.26 Å². The Morgan fingerprint density at radius 1 is 1.61 bits per heavy atom. The van der Waals surface area contributed by atoms with Gasteiger partial charge < -0.3 is 9.84 Å². The second kappa shape index (κ2) is 4.10. The van der Waals surface area contributed by atoms with Crippen molar-refractivity contribution < 1.29 is 14.6 Å². The van der Waals surface area contributed by atoms with Crippen molar-refractivity contribution in [1.82, 2.24) is 0 Å². The van der Waals surface area contributed by atoms with Crippen LogP contribution in [-0.4, -0.2) is 24.6 Å². The third kappa shape index (κ3) is 1.37. The molecule has 0 radical (unpaired) electrons. The zero-order valence-corrected chi connectivity index (χ0v) is 11.1. The number of ether oxygens (including phenoxy) is 1. The van der Waals surface area contributed by atoms with Crippen LogP contribution in [0.4, 0.5) is 0 Å². The van der Waals surface area contributed by atoms with Gasteiger partial charge in [-0.25, -0.2) is 0 Å². The van der Waals surface area contributed by atoms with Gasteiger partial charge in [0.05, 0.1) is 18.6 Å². The summed E-state index contributed by atoms with van der Waals surface area (Å²) in [5.74, 6) is 0.346. The van der Waals surface area contributed by atoms with E-state index in [9.17, 15) is 10.1 Å². The van der Waals surface area contributed by atoms with Gasteiger partial charge in [0.1, 0.15) is 5.76 Å². The van der Waals surface area contributed by atoms with Crippen LogP contribution >= 0.6 is 0 Å². The number of hydrogen-bond donors (Lipinski definition) is 1. The maximum atomic E-state index is 12.2. The van der Waals surface area contributed by atoms with E-state index in [1.54, 1.807) is 0 Å². The number of nitrogens with zero attached hydrogens (tertiary/aromatic N) is 1. The molecule has 1 fully saturated rings. The highest BCUT2D eigenvalue weighted by molar-refractivity contribution is 5.95. The number of aliphatic hydroxyl groups is 1. The number of ketones is 1. The topological polar surface area (TPSA) is 70.3 Å². The van der Waals surface area contributed by atoms with Crippen molar-refractivity contribution in [1.29, 1.82) is 5.26 Å². The Kier molecular flexibility index (Phi) is 2.98. The summed E-state index contributed by atoms with van der Waals surface area (Å²) in [6.45, 7) is 4.08. The zero-order valence-electron chi connectivity index (χ0n) is 11.1. The van der Waals surface area contributed by atoms with E-state index in [-0.39, 0.29) is 29.6 Å². The summed E-state index contributed by atoms with van der Waals surface area (Å²) in [6.07, 6.45) is 2.58. The number of fused-ring (bicyclic) bond motifs is 1. The number of carbonyl (C=O) groups excluding carboxylic acids is 1. The third-order valence-electron chi connectivity index (χ3n) is 4.97. The molecule has 1 saturated carbocycles. The lowest BCUT2D eigenvalue weighted by Gasteiger charge is -2.64. The number of rotatable bonds is 3. The van der Waals surface area contributed by atoms with Crippen LogP contribution in [0.2, 0.25) is 0 Å². The van der Waals surface area contributed by atoms with Gasteiger partial charge in [0.15, 0.2) is 5.78 Å². The predicted molar refractivity (Wildman–Crippen MR) is 65.2 cm³/mol. The summed E-state index contributed by atoms with van der Waals surface area (Å²) in [6, 6.07) is 2.37. The Bertz CT molecular complexity index is 446. The molecular formula is C14H19NO3. The smallest absolute Gasteiger partial charge is 0.164 e. The summed E-state index contributed by atoms with van der Waals surface area (Å²) in [5.41, 5.74) is -0.952. The number of methoxy groups -OCH3 is 1. The molecule has 98 valence electrons. The van der Waals surface area contributed by atoms with Crippen molar-refractivity contribution in [3.63, 3.8) is 0 Å². The first-order chi connectivity index (χ1) is 8.44. The summed E-state index contributed by atoms with van der Waals surface area (Å²) >= 11 is 0. The van der Waals surface area contributed by atoms with E-state index in [4.69, 9.17) is 9.84 Å². The molecule has 0 aromatic heterocycles. The molecule has 2 rings (SSSR count). The Morgan fingerprint density at radius 2 is 2.28 bits per heavy atom. The van der Waals surface area contributed by atoms with Gasteiger partial charge in [0.2, 0.25) is 0 Å². The minimum atomic E-state index is -0.677. The van der Waals surface area contributed by atoms with Gasteiger partial charge in [-0.3, -0.25) is 4.79 Å². The van der Waals surface area contributed by atoms with E-state index in [0.29, 0.717) is 18.6 Å². The van der Waals surface area contributed by atoms with Crippen molar-refractivity contribution in [3.8, 4) is 6.07 Å². The number of aliphatic hydroxyl groups excluding tert-OH is 1. The van der Waals surface area contributed by atoms with Crippen LogP contribution in [0.5, 0.6) is 0 Å². The molecule has 0 aromatic rings. The first-order valence-electron chi connectivity index (χ1n) is 6.25. The molecule has 18 heavy (non-hydrogen) atoms. The molecule has 3 atom stereocenters. The highest BCUT2D eigenvalue weighted by atomic mass is 16.5. The molecule has 1 N–H and O–H groups in total. The molecule has 0 aromatic carbocycles. The van der Waals surface area contributed by atoms with E-state index in [0.717, 1.165) is 0 Å². The van der Waals surface area contributed by atoms with Gasteiger partial charge in [-0.1, -0.05) is 13.8 Å². The fourth-order valence-corrected chi connectivity index (χ4v) is 3.80. The highest BCUT2D eigenvalue weighted by Crippen LogP contribution is 2.69. The number of allylic oxidation sites excluding steroid dienone is 2. The molecule has 0 amide bonds. The first kappa shape index (κ1) is 13.1. The van der Waals surface area contributed by atoms with E-state index < -0.39 is 5.41 Å². The number of carbonyl (C=O) groups is 1. The molecule has 2 aliphatic carbocycles. The van der Waals surface area contributed by atoms with Crippen molar-refractivity contribution in [2.24, 2.45) is 22.7 Å². The molecule has 0 saturated heterocycles. The van der Waals surface area contributed by atoms with Crippen molar-refractivity contribution in [3.05, 3.63) is 11.8 Å². The predicted octanol–water partition coefficient (Wildman–Crippen LogP) is 1.65. The Hall–Kier alpha value is -1.34. The van der Waals surface area contributed by atoms with Crippen molar-refractivity contribution >= 4 is 5.78 Å². The minimum Gasteiger partial charge on any atom is -0.501 e. The second-order valence-corrected chi connectivity index (χ2v) is 5.80. The Balaban J connectivity index is 2.43. The summed E-state index contributed by atoms with van der Waals surface area (Å²) in [5, 5.41) is 18.7. The lowest BCUT2D eigenvalue weighted by atomic mass is 9.36. The maximum absolute atomic E-state index is 12.2. The molecule has 2 aliphatic rings. The van der Waals surface area contributed by atoms with E-state index in [1.807, 2.05) is 13.8 Å². The van der Waals surface area contributed by atoms with Crippen LogP contribution in [0.15, 0.2) is 11.8 Å². The molecule has 0 aliphatic heterocycles. The van der Waals surface area contributed by atoms with Crippen molar-refractivity contribution in [2.45, 2.75) is 26.7 Å². The SMILES string of the molecule is COC1=CC(=O)[C@H]2[C@@H](CCO)C(C)(C)[C@@]2(C#N)C1. The lowest BCUT2D eigenvalue weighted by Crippen LogP contribution is -2.66. The van der Waals surface area contributed by atoms with Crippen LogP contribution in [0, 0.1) is 34.0 Å². The standard InChI is InChI=1S/C14H19NO3/c1-13(2)10(4-5-16)12-11(17)6-9(18-3)7-14(12,13)8-15/h6,10,12,16H,4-5,7H2,1-3H3/t10-,12-,14-/m1/s1. The monoisotopic (exact) mass is 249 g/mol. The average Bonchev–Trinajstić information content (AvgIpc) is 2.35. The maximum Gasteiger partial charge on any atom is 0.164 e. The molecule has 0 spiro atoms. The largest absolute Gasteiger partial charge is 0.501 e. The normalized spacial score (nSPS) is 37.1. The molecule has 4 nitrogen and oxygen atoms in total. The van der Waals surface area contributed by atoms with Crippen LogP contribution in [0.3, 0.4) is 0 Å². The fraction of sp³-hybridized carbons (Fsp3) is 0.714. The number of hydrogen-bond acceptors (Lipinski definition) is 4. The highest BCUT2D eigenvalue weighted by Gasteiger charge is 2.70. The van der Waals surface area contributed by atoms with Crippen molar-refractivity contribution in [2.75, 3.05) is 13.7 Å². The van der Waals surface area contributed by atoms with Gasteiger partial charge >= 0.3 is 0 Å². The van der Waals surface area contributed by atoms with Crippen LogP contribution < -0.4 is 0 Å². The van der Waals surface area contributed by atoms with Gasteiger partial charge in [0, 0.05) is 25.0 Å². The minimum absolute atomic E-state index is 0.0302. The van der Waals surface area contributed by atoms with E-state index in [2.05, 4.69) is 6.07 Å². The molecule has 0 bridgehead atoms. The summed E-state index contributed by atoms with van der Waals surface area (Å²) < 4.78 is 5.17. The zero-order chi connectivity index (χ0) is 13.6. The molecular weight excluding hydrogens is 230 g/mol. The van der Waals surface area contributed by atoms with Crippen LogP contribution in [0.25, 0.3) is 0 Å². The lowest BCUT2D eigenvalue weighted by molar-refractivity contribution is -0.177. The summed E-state index contributed by atoms with van der Waals surface area (Å²) in [7, 11) is 1.53. The Labute approximate surface area is 107 Å². The van der Waals surface area contributed by atoms with Crippen LogP contribution in [0.1, 0.15) is 26.7 Å². The van der Waals surface area contributed by atoms with Gasteiger partial charge in [0.25, 0.3) is 0 Å². The van der Waals surface area contributed by atoms with E-state index >= 15 is 0 Å².